The Morgan fingerprint density at radius 3 is 1.96 bits per heavy atom. The van der Waals surface area contributed by atoms with Gasteiger partial charge in [-0.2, -0.15) is 0 Å². The van der Waals surface area contributed by atoms with E-state index in [2.05, 4.69) is 151 Å². The molecule has 0 atom stereocenters. The molecule has 0 spiro atoms. The van der Waals surface area contributed by atoms with Crippen LogP contribution in [-0.2, 0) is 51.4 Å². The molecule has 0 aliphatic heterocycles. The average Bonchev–Trinajstić information content (AvgIpc) is 3.64. The van der Waals surface area contributed by atoms with Crippen molar-refractivity contribution in [3.8, 4) is 11.1 Å². The van der Waals surface area contributed by atoms with Crippen molar-refractivity contribution in [1.82, 2.24) is 0 Å². The zero-order valence-electron chi connectivity index (χ0n) is 27.7. The molecule has 0 fully saturated rings. The fourth-order valence-electron chi connectivity index (χ4n) is 6.93. The minimum absolute atomic E-state index is 0. The van der Waals surface area contributed by atoms with Crippen LogP contribution >= 0.6 is 0 Å². The molecule has 0 aromatic heterocycles. The molecule has 0 amide bonds. The van der Waals surface area contributed by atoms with E-state index >= 15 is 0 Å². The maximum atomic E-state index is 2.52. The number of allylic oxidation sites excluding steroid dienone is 4. The second kappa shape index (κ2) is 14.6. The molecule has 0 N–H and O–H groups in total. The smallest absolute Gasteiger partial charge is 1.00 e. The van der Waals surface area contributed by atoms with Gasteiger partial charge in [0.1, 0.15) is 0 Å². The molecule has 0 nitrogen and oxygen atoms in total. The SMILES string of the molecule is CC(C)(C)c1ccc2c(c1)Cc1c-2ccc(C(C)(C)C)[c]1/[Zr+2]([C]1=CC=CC1)=[C](\CCc1ccccc1)Cc1ccccc1.[Cl-].[Cl-]. The molecule has 0 saturated heterocycles. The van der Waals surface area contributed by atoms with Crippen LogP contribution in [0.5, 0.6) is 0 Å². The molecule has 3 heteroatoms. The van der Waals surface area contributed by atoms with Crippen molar-refractivity contribution in [2.75, 3.05) is 0 Å². The second-order valence-electron chi connectivity index (χ2n) is 14.5. The minimum Gasteiger partial charge on any atom is -1.00 e. The Balaban J connectivity index is 0.00000230. The van der Waals surface area contributed by atoms with E-state index in [0.717, 1.165) is 25.7 Å². The van der Waals surface area contributed by atoms with Gasteiger partial charge in [-0.05, 0) is 0 Å². The van der Waals surface area contributed by atoms with Crippen molar-refractivity contribution in [2.24, 2.45) is 0 Å². The monoisotopic (exact) mass is 710 g/mol. The minimum atomic E-state index is -2.55. The summed E-state index contributed by atoms with van der Waals surface area (Å²) in [6, 6.07) is 34.7. The molecule has 0 saturated carbocycles. The molecule has 0 unspecified atom stereocenters. The van der Waals surface area contributed by atoms with Gasteiger partial charge in [0.15, 0.2) is 0 Å². The van der Waals surface area contributed by atoms with Crippen molar-refractivity contribution < 1.29 is 46.1 Å². The molecule has 6 rings (SSSR count). The predicted octanol–water partition coefficient (Wildman–Crippen LogP) is 4.00. The first-order valence-corrected chi connectivity index (χ1v) is 19.7. The Morgan fingerprint density at radius 2 is 1.36 bits per heavy atom. The standard InChI is InChI=1S/C21H25.C16H16.C5H5.2ClH.Zr/c1-20(2,3)16-7-9-18-14(12-16)11-15-13-17(21(4,5)6)8-10-19(15)18;1-3-9-15(10-4-1)13-7-8-14-16-11-5-2-6-12-16;1-2-4-5-3-1;;;/h7-10,12H,11H2,1-6H3;1-6,9-12H,7,13-14H2;1-3H,4H2;2*1H;/q;;;;;+2/p-2. The summed E-state index contributed by atoms with van der Waals surface area (Å²) in [4.78, 5) is 0. The summed E-state index contributed by atoms with van der Waals surface area (Å²) in [6.45, 7) is 14.3. The number of rotatable bonds is 7. The van der Waals surface area contributed by atoms with Gasteiger partial charge in [0.25, 0.3) is 0 Å². The van der Waals surface area contributed by atoms with E-state index in [9.17, 15) is 0 Å². The van der Waals surface area contributed by atoms with Gasteiger partial charge < -0.3 is 24.8 Å². The molecule has 0 heterocycles. The summed E-state index contributed by atoms with van der Waals surface area (Å²) in [5, 5.41) is 0. The van der Waals surface area contributed by atoms with Gasteiger partial charge in [0.2, 0.25) is 0 Å². The van der Waals surface area contributed by atoms with Gasteiger partial charge >= 0.3 is 269 Å². The van der Waals surface area contributed by atoms with Crippen molar-refractivity contribution in [1.29, 1.82) is 0 Å². The van der Waals surface area contributed by atoms with E-state index in [1.165, 1.54) is 39.8 Å². The van der Waals surface area contributed by atoms with E-state index < -0.39 is 21.3 Å². The normalized spacial score (nSPS) is 13.7. The van der Waals surface area contributed by atoms with Crippen LogP contribution in [0.15, 0.2) is 113 Å². The van der Waals surface area contributed by atoms with Crippen LogP contribution in [0.4, 0.5) is 0 Å². The zero-order chi connectivity index (χ0) is 30.2. The Morgan fingerprint density at radius 1 is 0.711 bits per heavy atom. The summed E-state index contributed by atoms with van der Waals surface area (Å²) in [7, 11) is 0. The number of hydrogen-bond donors (Lipinski definition) is 0. The van der Waals surface area contributed by atoms with Crippen LogP contribution in [-0.4, -0.2) is 3.21 Å². The zero-order valence-corrected chi connectivity index (χ0v) is 31.7. The quantitative estimate of drug-likeness (QED) is 0.240. The van der Waals surface area contributed by atoms with Crippen molar-refractivity contribution in [2.45, 2.75) is 84.5 Å². The van der Waals surface area contributed by atoms with Crippen LogP contribution in [0.3, 0.4) is 0 Å². The van der Waals surface area contributed by atoms with Crippen LogP contribution in [0.2, 0.25) is 0 Å². The molecule has 45 heavy (non-hydrogen) atoms. The largest absolute Gasteiger partial charge is 1.00 e. The third-order valence-corrected chi connectivity index (χ3v) is 17.2. The molecular weight excluding hydrogens is 667 g/mol. The Labute approximate surface area is 292 Å². The number of hydrogen-bond acceptors (Lipinski definition) is 0. The summed E-state index contributed by atoms with van der Waals surface area (Å²) in [5.74, 6) is 0. The first-order valence-electron chi connectivity index (χ1n) is 16.1. The van der Waals surface area contributed by atoms with Gasteiger partial charge in [0, 0.05) is 0 Å². The maximum absolute atomic E-state index is 2.55. The Kier molecular flexibility index (Phi) is 11.6. The molecule has 232 valence electrons. The predicted molar refractivity (Wildman–Crippen MR) is 183 cm³/mol. The van der Waals surface area contributed by atoms with Crippen LogP contribution in [0, 0.1) is 0 Å². The third kappa shape index (κ3) is 7.81. The van der Waals surface area contributed by atoms with Gasteiger partial charge in [-0.3, -0.25) is 0 Å². The fourth-order valence-corrected chi connectivity index (χ4v) is 16.1. The first kappa shape index (κ1) is 35.5. The molecule has 0 radical (unpaired) electrons. The number of fused-ring (bicyclic) bond motifs is 3. The Bertz CT molecular complexity index is 1730. The maximum Gasteiger partial charge on any atom is -1.00 e. The van der Waals surface area contributed by atoms with Crippen LogP contribution < -0.4 is 28.1 Å². The molecule has 2 aliphatic rings. The van der Waals surface area contributed by atoms with Crippen LogP contribution in [0.1, 0.15) is 87.8 Å². The van der Waals surface area contributed by atoms with Gasteiger partial charge in [-0.1, -0.05) is 0 Å². The number of aryl methyl sites for hydroxylation is 1. The summed E-state index contributed by atoms with van der Waals surface area (Å²) < 4.78 is 5.35. The van der Waals surface area contributed by atoms with E-state index in [-0.39, 0.29) is 35.6 Å². The summed E-state index contributed by atoms with van der Waals surface area (Å²) in [6.07, 6.45) is 12.8. The van der Waals surface area contributed by atoms with Gasteiger partial charge in [0.05, 0.1) is 0 Å². The van der Waals surface area contributed by atoms with E-state index in [1.807, 2.05) is 3.21 Å². The second-order valence-corrected chi connectivity index (χ2v) is 20.9. The molecular formula is C42H46Cl2Zr. The fraction of sp³-hybridized carbons (Fsp3) is 0.310. The molecule has 4 aromatic rings. The molecule has 2 aliphatic carbocycles. The topological polar surface area (TPSA) is 0 Å². The van der Waals surface area contributed by atoms with Crippen LogP contribution in [0.25, 0.3) is 11.1 Å². The van der Waals surface area contributed by atoms with E-state index in [1.54, 1.807) is 17.7 Å². The molecule has 4 aromatic carbocycles. The van der Waals surface area contributed by atoms with Crippen molar-refractivity contribution >= 4 is 6.48 Å². The first-order chi connectivity index (χ1) is 20.6. The number of benzene rings is 4. The third-order valence-electron chi connectivity index (χ3n) is 9.26. The van der Waals surface area contributed by atoms with Crippen molar-refractivity contribution in [3.05, 3.63) is 146 Å². The van der Waals surface area contributed by atoms with Gasteiger partial charge in [-0.15, -0.1) is 0 Å². The van der Waals surface area contributed by atoms with E-state index in [4.69, 9.17) is 0 Å². The Hall–Kier alpha value is -2.31. The van der Waals surface area contributed by atoms with Crippen molar-refractivity contribution in [3.63, 3.8) is 0 Å². The average molecular weight is 713 g/mol. The number of halogens is 2. The summed E-state index contributed by atoms with van der Waals surface area (Å²) >= 11 is -2.55. The molecule has 0 bridgehead atoms. The summed E-state index contributed by atoms with van der Waals surface area (Å²) in [5.41, 5.74) is 12.3. The van der Waals surface area contributed by atoms with E-state index in [0.29, 0.717) is 0 Å². The van der Waals surface area contributed by atoms with Gasteiger partial charge in [-0.25, -0.2) is 0 Å².